The lowest BCUT2D eigenvalue weighted by Crippen LogP contribution is -2.17. The van der Waals surface area contributed by atoms with E-state index in [0.29, 0.717) is 12.8 Å². The Morgan fingerprint density at radius 1 is 1.19 bits per heavy atom. The van der Waals surface area contributed by atoms with Gasteiger partial charge in [-0.25, -0.2) is 9.59 Å². The first-order valence-electron chi connectivity index (χ1n) is 6.94. The van der Waals surface area contributed by atoms with Crippen LogP contribution in [-0.2, 0) is 9.53 Å². The van der Waals surface area contributed by atoms with Crippen LogP contribution in [0, 0.1) is 5.92 Å². The van der Waals surface area contributed by atoms with E-state index in [0.717, 1.165) is 6.42 Å². The summed E-state index contributed by atoms with van der Waals surface area (Å²) < 4.78 is 5.19. The van der Waals surface area contributed by atoms with Crippen LogP contribution in [0.25, 0.3) is 0 Å². The van der Waals surface area contributed by atoms with Crippen molar-refractivity contribution in [3.05, 3.63) is 35.4 Å². The Kier molecular flexibility index (Phi) is 6.59. The zero-order chi connectivity index (χ0) is 15.8. The van der Waals surface area contributed by atoms with Crippen molar-refractivity contribution < 1.29 is 24.2 Å². The third-order valence-electron chi connectivity index (χ3n) is 3.31. The van der Waals surface area contributed by atoms with Crippen LogP contribution >= 0.6 is 0 Å². The van der Waals surface area contributed by atoms with Crippen molar-refractivity contribution in [1.29, 1.82) is 0 Å². The molecule has 5 nitrogen and oxygen atoms in total. The Hall–Kier alpha value is -2.17. The number of carboxylic acid groups (broad SMARTS) is 1. The molecule has 0 radical (unpaired) electrons. The predicted molar refractivity (Wildman–Crippen MR) is 77.4 cm³/mol. The number of hydrogen-bond acceptors (Lipinski definition) is 4. The Morgan fingerprint density at radius 2 is 1.81 bits per heavy atom. The number of carbonyl (C=O) groups excluding carboxylic acids is 2. The summed E-state index contributed by atoms with van der Waals surface area (Å²) in [7, 11) is 0. The van der Waals surface area contributed by atoms with Gasteiger partial charge in [-0.15, -0.1) is 0 Å². The molecule has 5 heteroatoms. The van der Waals surface area contributed by atoms with Crippen molar-refractivity contribution in [3.63, 3.8) is 0 Å². The van der Waals surface area contributed by atoms with Gasteiger partial charge in [-0.3, -0.25) is 0 Å². The van der Waals surface area contributed by atoms with Crippen molar-refractivity contribution in [1.82, 2.24) is 0 Å². The third kappa shape index (κ3) is 5.38. The molecule has 0 spiro atoms. The number of hydrogen-bond donors (Lipinski definition) is 1. The van der Waals surface area contributed by atoms with Crippen molar-refractivity contribution in [3.8, 4) is 0 Å². The largest absolute Gasteiger partial charge is 0.478 e. The maximum Gasteiger partial charge on any atom is 0.339 e. The van der Waals surface area contributed by atoms with Crippen LogP contribution in [0.5, 0.6) is 0 Å². The average Bonchev–Trinajstić information content (AvgIpc) is 2.46. The van der Waals surface area contributed by atoms with Gasteiger partial charge in [-0.2, -0.15) is 0 Å². The van der Waals surface area contributed by atoms with Crippen molar-refractivity contribution in [2.24, 2.45) is 5.92 Å². The number of esters is 1. The van der Waals surface area contributed by atoms with E-state index in [1.807, 2.05) is 6.92 Å². The highest BCUT2D eigenvalue weighted by atomic mass is 16.5. The molecule has 1 atom stereocenters. The summed E-state index contributed by atoms with van der Waals surface area (Å²) in [6.07, 6.45) is 1.92. The number of rotatable bonds is 8. The van der Waals surface area contributed by atoms with Gasteiger partial charge in [0.25, 0.3) is 0 Å². The number of aromatic carboxylic acids is 1. The van der Waals surface area contributed by atoms with E-state index >= 15 is 0 Å². The number of benzene rings is 1. The minimum absolute atomic E-state index is 0.0476. The van der Waals surface area contributed by atoms with Gasteiger partial charge in [0.15, 0.2) is 0 Å². The van der Waals surface area contributed by atoms with Crippen molar-refractivity contribution in [2.75, 3.05) is 6.61 Å². The fourth-order valence-electron chi connectivity index (χ4n) is 1.93. The molecule has 0 unspecified atom stereocenters. The van der Waals surface area contributed by atoms with Crippen LogP contribution in [0.1, 0.15) is 53.8 Å². The maximum absolute atomic E-state index is 12.0. The highest BCUT2D eigenvalue weighted by molar-refractivity contribution is 6.02. The van der Waals surface area contributed by atoms with Gasteiger partial charge in [0.2, 0.25) is 0 Å². The first-order valence-corrected chi connectivity index (χ1v) is 6.94. The second-order valence-corrected chi connectivity index (χ2v) is 4.96. The number of Topliss-reactive ketones (excluding diaryl/α,β-unsaturated/α-hetero) is 1. The summed E-state index contributed by atoms with van der Waals surface area (Å²) in [5.74, 6) is -1.59. The van der Waals surface area contributed by atoms with Crippen LogP contribution < -0.4 is 0 Å². The molecule has 1 N–H and O–H groups in total. The Bertz CT molecular complexity index is 521. The van der Waals surface area contributed by atoms with Crippen molar-refractivity contribution in [2.45, 2.75) is 33.1 Å². The van der Waals surface area contributed by atoms with E-state index in [1.165, 1.54) is 19.1 Å². The SMILES string of the molecule is CC[C@H](CCC(C)=O)COC(=O)c1ccccc1C(=O)O. The lowest BCUT2D eigenvalue weighted by atomic mass is 10.00. The molecule has 0 fully saturated rings. The average molecular weight is 292 g/mol. The summed E-state index contributed by atoms with van der Waals surface area (Å²) in [6.45, 7) is 3.68. The van der Waals surface area contributed by atoms with E-state index < -0.39 is 11.9 Å². The third-order valence-corrected chi connectivity index (χ3v) is 3.31. The van der Waals surface area contributed by atoms with Gasteiger partial charge in [0, 0.05) is 6.42 Å². The molecule has 0 amide bonds. The summed E-state index contributed by atoms with van der Waals surface area (Å²) in [4.78, 5) is 34.0. The predicted octanol–water partition coefficient (Wildman–Crippen LogP) is 2.94. The van der Waals surface area contributed by atoms with Crippen LogP contribution in [-0.4, -0.2) is 29.4 Å². The second-order valence-electron chi connectivity index (χ2n) is 4.96. The van der Waals surface area contributed by atoms with Crippen LogP contribution in [0.15, 0.2) is 24.3 Å². The summed E-state index contributed by atoms with van der Waals surface area (Å²) >= 11 is 0. The van der Waals surface area contributed by atoms with Crippen LogP contribution in [0.3, 0.4) is 0 Å². The number of carboxylic acids is 1. The van der Waals surface area contributed by atoms with Gasteiger partial charge in [-0.05, 0) is 31.4 Å². The quantitative estimate of drug-likeness (QED) is 0.745. The lowest BCUT2D eigenvalue weighted by molar-refractivity contribution is -0.117. The first-order chi connectivity index (χ1) is 9.95. The maximum atomic E-state index is 12.0. The molecule has 0 bridgehead atoms. The molecule has 1 aromatic carbocycles. The normalized spacial score (nSPS) is 11.7. The molecule has 0 aliphatic rings. The molecule has 0 aliphatic carbocycles. The molecule has 1 aromatic rings. The first kappa shape index (κ1) is 16.9. The fraction of sp³-hybridized carbons (Fsp3) is 0.438. The molecule has 0 heterocycles. The van der Waals surface area contributed by atoms with Gasteiger partial charge >= 0.3 is 11.9 Å². The smallest absolute Gasteiger partial charge is 0.339 e. The fourth-order valence-corrected chi connectivity index (χ4v) is 1.93. The van der Waals surface area contributed by atoms with Gasteiger partial charge in [0.05, 0.1) is 17.7 Å². The second kappa shape index (κ2) is 8.19. The molecule has 0 saturated heterocycles. The van der Waals surface area contributed by atoms with Crippen molar-refractivity contribution >= 4 is 17.7 Å². The molecule has 0 aromatic heterocycles. The topological polar surface area (TPSA) is 80.7 Å². The monoisotopic (exact) mass is 292 g/mol. The zero-order valence-electron chi connectivity index (χ0n) is 12.3. The van der Waals surface area contributed by atoms with E-state index in [9.17, 15) is 14.4 Å². The Labute approximate surface area is 123 Å². The van der Waals surface area contributed by atoms with E-state index in [-0.39, 0.29) is 29.4 Å². The summed E-state index contributed by atoms with van der Waals surface area (Å²) in [6, 6.07) is 5.95. The number of carbonyl (C=O) groups is 3. The standard InChI is InChI=1S/C16H20O5/c1-3-12(9-8-11(2)17)10-21-16(20)14-7-5-4-6-13(14)15(18)19/h4-7,12H,3,8-10H2,1-2H3,(H,18,19)/t12-/m1/s1. The highest BCUT2D eigenvalue weighted by Gasteiger charge is 2.18. The van der Waals surface area contributed by atoms with Gasteiger partial charge in [0.1, 0.15) is 5.78 Å². The van der Waals surface area contributed by atoms with E-state index in [4.69, 9.17) is 9.84 Å². The van der Waals surface area contributed by atoms with Gasteiger partial charge in [-0.1, -0.05) is 25.5 Å². The molecule has 1 rings (SSSR count). The number of ketones is 1. The minimum atomic E-state index is -1.16. The molecular weight excluding hydrogens is 272 g/mol. The highest BCUT2D eigenvalue weighted by Crippen LogP contribution is 2.15. The molecule has 0 aliphatic heterocycles. The number of ether oxygens (including phenoxy) is 1. The molecule has 114 valence electrons. The van der Waals surface area contributed by atoms with E-state index in [2.05, 4.69) is 0 Å². The van der Waals surface area contributed by atoms with E-state index in [1.54, 1.807) is 12.1 Å². The lowest BCUT2D eigenvalue weighted by Gasteiger charge is -2.14. The molecule has 21 heavy (non-hydrogen) atoms. The summed E-state index contributed by atoms with van der Waals surface area (Å²) in [5, 5.41) is 9.04. The molecular formula is C16H20O5. The summed E-state index contributed by atoms with van der Waals surface area (Å²) in [5.41, 5.74) is -0.0225. The Balaban J connectivity index is 2.64. The van der Waals surface area contributed by atoms with Crippen LogP contribution in [0.4, 0.5) is 0 Å². The zero-order valence-corrected chi connectivity index (χ0v) is 12.3. The van der Waals surface area contributed by atoms with Crippen LogP contribution in [0.2, 0.25) is 0 Å². The minimum Gasteiger partial charge on any atom is -0.478 e. The Morgan fingerprint density at radius 3 is 2.33 bits per heavy atom. The van der Waals surface area contributed by atoms with Gasteiger partial charge < -0.3 is 14.6 Å². The molecule has 0 saturated carbocycles.